The summed E-state index contributed by atoms with van der Waals surface area (Å²) in [5.74, 6) is 0. The molecule has 1 aliphatic carbocycles. The fourth-order valence-electron chi connectivity index (χ4n) is 4.07. The fourth-order valence-corrected chi connectivity index (χ4v) is 4.07. The Kier molecular flexibility index (Phi) is 3.69. The first-order chi connectivity index (χ1) is 8.34. The molecule has 0 amide bonds. The van der Waals surface area contributed by atoms with E-state index in [9.17, 15) is 0 Å². The van der Waals surface area contributed by atoms with Gasteiger partial charge in [-0.3, -0.25) is 4.90 Å². The molecule has 98 valence electrons. The van der Waals surface area contributed by atoms with E-state index in [2.05, 4.69) is 22.2 Å². The Hall–Kier alpha value is -0.120. The largest absolute Gasteiger partial charge is 0.311 e. The highest BCUT2D eigenvalue weighted by Crippen LogP contribution is 2.29. The number of nitrogens with one attached hydrogen (secondary N) is 1. The van der Waals surface area contributed by atoms with Crippen LogP contribution in [-0.4, -0.2) is 61.2 Å². The van der Waals surface area contributed by atoms with Crippen LogP contribution in [0, 0.1) is 0 Å². The molecule has 2 saturated heterocycles. The molecule has 0 spiro atoms. The van der Waals surface area contributed by atoms with Crippen molar-refractivity contribution in [2.45, 2.75) is 56.7 Å². The third kappa shape index (κ3) is 2.51. The van der Waals surface area contributed by atoms with Crippen molar-refractivity contribution in [3.63, 3.8) is 0 Å². The van der Waals surface area contributed by atoms with E-state index in [0.29, 0.717) is 0 Å². The second kappa shape index (κ2) is 5.25. The molecule has 0 bridgehead atoms. The van der Waals surface area contributed by atoms with Gasteiger partial charge >= 0.3 is 0 Å². The lowest BCUT2D eigenvalue weighted by Crippen LogP contribution is -2.62. The molecule has 0 radical (unpaired) electrons. The molecule has 0 unspecified atom stereocenters. The van der Waals surface area contributed by atoms with E-state index in [4.69, 9.17) is 0 Å². The number of rotatable bonds is 1. The normalized spacial score (nSPS) is 37.9. The topological polar surface area (TPSA) is 18.5 Å². The molecule has 17 heavy (non-hydrogen) atoms. The van der Waals surface area contributed by atoms with Crippen molar-refractivity contribution in [1.82, 2.24) is 15.1 Å². The van der Waals surface area contributed by atoms with Crippen LogP contribution in [0.15, 0.2) is 0 Å². The van der Waals surface area contributed by atoms with Gasteiger partial charge in [-0.2, -0.15) is 0 Å². The molecular formula is C14H27N3. The Morgan fingerprint density at radius 2 is 1.71 bits per heavy atom. The number of likely N-dealkylation sites (tertiary alicyclic amines) is 1. The number of fused-ring (bicyclic) bond motifs is 1. The molecule has 3 rings (SSSR count). The molecule has 0 aromatic rings. The summed E-state index contributed by atoms with van der Waals surface area (Å²) in [6, 6.07) is 2.53. The van der Waals surface area contributed by atoms with Gasteiger partial charge in [-0.05, 0) is 45.8 Å². The molecule has 0 aromatic carbocycles. The van der Waals surface area contributed by atoms with Gasteiger partial charge in [-0.1, -0.05) is 12.8 Å². The lowest BCUT2D eigenvalue weighted by molar-refractivity contribution is 0.0239. The van der Waals surface area contributed by atoms with Crippen molar-refractivity contribution in [3.05, 3.63) is 0 Å². The summed E-state index contributed by atoms with van der Waals surface area (Å²) in [4.78, 5) is 5.35. The minimum Gasteiger partial charge on any atom is -0.311 e. The van der Waals surface area contributed by atoms with Crippen molar-refractivity contribution >= 4 is 0 Å². The zero-order valence-electron chi connectivity index (χ0n) is 11.2. The summed E-state index contributed by atoms with van der Waals surface area (Å²) >= 11 is 0. The molecule has 3 heteroatoms. The summed E-state index contributed by atoms with van der Waals surface area (Å²) in [5.41, 5.74) is 0. The van der Waals surface area contributed by atoms with Gasteiger partial charge in [-0.15, -0.1) is 0 Å². The molecule has 1 saturated carbocycles. The van der Waals surface area contributed by atoms with Crippen LogP contribution < -0.4 is 5.32 Å². The number of nitrogens with zero attached hydrogens (tertiary/aromatic N) is 2. The maximum atomic E-state index is 3.75. The molecule has 3 fully saturated rings. The molecule has 0 aromatic heterocycles. The van der Waals surface area contributed by atoms with E-state index in [1.165, 1.54) is 64.7 Å². The number of piperazine rings is 1. The quantitative estimate of drug-likeness (QED) is 0.741. The zero-order valence-corrected chi connectivity index (χ0v) is 11.2. The average molecular weight is 237 g/mol. The van der Waals surface area contributed by atoms with Crippen LogP contribution in [0.1, 0.15) is 38.5 Å². The van der Waals surface area contributed by atoms with Gasteiger partial charge in [0.05, 0.1) is 0 Å². The molecule has 2 aliphatic heterocycles. The van der Waals surface area contributed by atoms with E-state index >= 15 is 0 Å². The highest BCUT2D eigenvalue weighted by Gasteiger charge is 2.37. The van der Waals surface area contributed by atoms with Gasteiger partial charge in [0.2, 0.25) is 0 Å². The van der Waals surface area contributed by atoms with Crippen molar-refractivity contribution in [3.8, 4) is 0 Å². The molecule has 2 atom stereocenters. The molecule has 3 aliphatic rings. The SMILES string of the molecule is CN1CCC(N2CCN[C@H]3CCCC[C@@H]32)CC1. The van der Waals surface area contributed by atoms with E-state index in [1.54, 1.807) is 0 Å². The third-order valence-corrected chi connectivity index (χ3v) is 5.09. The van der Waals surface area contributed by atoms with Gasteiger partial charge in [0.25, 0.3) is 0 Å². The van der Waals surface area contributed by atoms with E-state index in [0.717, 1.165) is 18.1 Å². The second-order valence-corrected chi connectivity index (χ2v) is 6.18. The van der Waals surface area contributed by atoms with Crippen molar-refractivity contribution in [2.24, 2.45) is 0 Å². The predicted molar refractivity (Wildman–Crippen MR) is 71.3 cm³/mol. The highest BCUT2D eigenvalue weighted by molar-refractivity contribution is 4.95. The van der Waals surface area contributed by atoms with Crippen LogP contribution in [0.2, 0.25) is 0 Å². The van der Waals surface area contributed by atoms with Crippen LogP contribution in [0.4, 0.5) is 0 Å². The van der Waals surface area contributed by atoms with Gasteiger partial charge in [-0.25, -0.2) is 0 Å². The van der Waals surface area contributed by atoms with Crippen molar-refractivity contribution < 1.29 is 0 Å². The monoisotopic (exact) mass is 237 g/mol. The van der Waals surface area contributed by atoms with Crippen molar-refractivity contribution in [2.75, 3.05) is 33.2 Å². The van der Waals surface area contributed by atoms with E-state index < -0.39 is 0 Å². The number of hydrogen-bond acceptors (Lipinski definition) is 3. The Morgan fingerprint density at radius 1 is 0.941 bits per heavy atom. The summed E-state index contributed by atoms with van der Waals surface area (Å²) in [6.45, 7) is 5.10. The summed E-state index contributed by atoms with van der Waals surface area (Å²) in [6.07, 6.45) is 8.51. The second-order valence-electron chi connectivity index (χ2n) is 6.18. The van der Waals surface area contributed by atoms with E-state index in [-0.39, 0.29) is 0 Å². The Bertz CT molecular complexity index is 246. The standard InChI is InChI=1S/C14H27N3/c1-16-9-6-12(7-10-16)17-11-8-15-13-4-2-3-5-14(13)17/h12-15H,2-11H2,1H3/t13-,14-/m0/s1. The fraction of sp³-hybridized carbons (Fsp3) is 1.00. The third-order valence-electron chi connectivity index (χ3n) is 5.09. The number of hydrogen-bond donors (Lipinski definition) is 1. The van der Waals surface area contributed by atoms with Crippen LogP contribution in [-0.2, 0) is 0 Å². The number of piperidine rings is 1. The first-order valence-corrected chi connectivity index (χ1v) is 7.52. The summed E-state index contributed by atoms with van der Waals surface area (Å²) in [7, 11) is 2.26. The molecule has 3 nitrogen and oxygen atoms in total. The van der Waals surface area contributed by atoms with Crippen LogP contribution >= 0.6 is 0 Å². The van der Waals surface area contributed by atoms with E-state index in [1.807, 2.05) is 0 Å². The Morgan fingerprint density at radius 3 is 2.53 bits per heavy atom. The molecule has 2 heterocycles. The van der Waals surface area contributed by atoms with Gasteiger partial charge in [0, 0.05) is 31.2 Å². The minimum absolute atomic E-state index is 0.803. The summed E-state index contributed by atoms with van der Waals surface area (Å²) < 4.78 is 0. The Balaban J connectivity index is 1.64. The highest BCUT2D eigenvalue weighted by atomic mass is 15.3. The van der Waals surface area contributed by atoms with Crippen molar-refractivity contribution in [1.29, 1.82) is 0 Å². The predicted octanol–water partition coefficient (Wildman–Crippen LogP) is 1.30. The smallest absolute Gasteiger partial charge is 0.0252 e. The van der Waals surface area contributed by atoms with Gasteiger partial charge < -0.3 is 10.2 Å². The minimum atomic E-state index is 0.803. The lowest BCUT2D eigenvalue weighted by atomic mass is 9.85. The van der Waals surface area contributed by atoms with Gasteiger partial charge in [0.1, 0.15) is 0 Å². The first kappa shape index (κ1) is 11.9. The van der Waals surface area contributed by atoms with Crippen LogP contribution in [0.3, 0.4) is 0 Å². The molecular weight excluding hydrogens is 210 g/mol. The average Bonchev–Trinajstić information content (AvgIpc) is 2.39. The summed E-state index contributed by atoms with van der Waals surface area (Å²) in [5, 5.41) is 3.75. The van der Waals surface area contributed by atoms with Crippen LogP contribution in [0.5, 0.6) is 0 Å². The zero-order chi connectivity index (χ0) is 11.7. The van der Waals surface area contributed by atoms with Gasteiger partial charge in [0.15, 0.2) is 0 Å². The molecule has 1 N–H and O–H groups in total. The maximum Gasteiger partial charge on any atom is 0.0252 e. The maximum absolute atomic E-state index is 3.75. The Labute approximate surface area is 106 Å². The first-order valence-electron chi connectivity index (χ1n) is 7.52. The van der Waals surface area contributed by atoms with Crippen LogP contribution in [0.25, 0.3) is 0 Å². The lowest BCUT2D eigenvalue weighted by Gasteiger charge is -2.49.